The second-order valence-electron chi connectivity index (χ2n) is 3.97. The van der Waals surface area contributed by atoms with Crippen molar-refractivity contribution < 1.29 is 14.3 Å². The third-order valence-corrected chi connectivity index (χ3v) is 2.80. The molecule has 1 aliphatic heterocycles. The van der Waals surface area contributed by atoms with Crippen LogP contribution in [0.2, 0.25) is 0 Å². The molecule has 6 nitrogen and oxygen atoms in total. The molecule has 0 fully saturated rings. The van der Waals surface area contributed by atoms with E-state index in [0.717, 1.165) is 0 Å². The van der Waals surface area contributed by atoms with Gasteiger partial charge in [0.2, 0.25) is 0 Å². The van der Waals surface area contributed by atoms with E-state index in [2.05, 4.69) is 5.32 Å². The number of hydroxylamine groups is 2. The molecule has 6 heteroatoms. The van der Waals surface area contributed by atoms with Crippen molar-refractivity contribution in [3.63, 3.8) is 0 Å². The molecule has 2 rings (SSSR count). The molecule has 0 saturated heterocycles. The normalized spacial score (nSPS) is 21.3. The third-order valence-electron chi connectivity index (χ3n) is 2.80. The molecule has 0 bridgehead atoms. The molecule has 0 aliphatic carbocycles. The van der Waals surface area contributed by atoms with Gasteiger partial charge < -0.3 is 9.94 Å². The maximum atomic E-state index is 12.5. The fourth-order valence-corrected chi connectivity index (χ4v) is 1.91. The van der Waals surface area contributed by atoms with Crippen molar-refractivity contribution in [3.8, 4) is 0 Å². The Morgan fingerprint density at radius 1 is 1.44 bits per heavy atom. The van der Waals surface area contributed by atoms with E-state index in [0.29, 0.717) is 11.4 Å². The molecule has 1 unspecified atom stereocenters. The number of amides is 2. The van der Waals surface area contributed by atoms with E-state index in [1.165, 1.54) is 0 Å². The quantitative estimate of drug-likeness (QED) is 0.503. The molecule has 2 amide bonds. The monoisotopic (exact) mass is 250 g/mol. The lowest BCUT2D eigenvalue weighted by molar-refractivity contribution is -0.143. The fourth-order valence-electron chi connectivity index (χ4n) is 1.91. The number of rotatable bonds is 4. The average Bonchev–Trinajstić information content (AvgIpc) is 2.61. The Balaban J connectivity index is 2.15. The van der Waals surface area contributed by atoms with Gasteiger partial charge in [0, 0.05) is 6.07 Å². The number of fused-ring (bicyclic) bond motifs is 1. The van der Waals surface area contributed by atoms with Gasteiger partial charge in [-0.15, -0.1) is 0 Å². The summed E-state index contributed by atoms with van der Waals surface area (Å²) in [6.45, 7) is 1.81. The summed E-state index contributed by atoms with van der Waals surface area (Å²) in [6, 6.07) is 6.01. The second kappa shape index (κ2) is 4.75. The van der Waals surface area contributed by atoms with E-state index in [-0.39, 0.29) is 19.6 Å². The largest absolute Gasteiger partial charge is 0.618 e. The van der Waals surface area contributed by atoms with E-state index in [1.807, 2.05) is 0 Å². The number of hydrogen-bond acceptors (Lipinski definition) is 4. The van der Waals surface area contributed by atoms with Crippen LogP contribution in [0.4, 0.5) is 16.2 Å². The lowest BCUT2D eigenvalue weighted by atomic mass is 10.2. The van der Waals surface area contributed by atoms with Gasteiger partial charge in [0.15, 0.2) is 5.69 Å². The minimum absolute atomic E-state index is 0.0842. The van der Waals surface area contributed by atoms with Gasteiger partial charge in [-0.3, -0.25) is 10.1 Å². The maximum Gasteiger partial charge on any atom is 0.426 e. The number of para-hydroxylation sites is 2. The van der Waals surface area contributed by atoms with Gasteiger partial charge in [-0.05, 0) is 13.0 Å². The highest BCUT2D eigenvalue weighted by Gasteiger charge is 2.39. The molecular weight excluding hydrogens is 236 g/mol. The summed E-state index contributed by atoms with van der Waals surface area (Å²) < 4.78 is 3.59. The number of nitrogens with zero attached hydrogens (tertiary/aromatic N) is 1. The van der Waals surface area contributed by atoms with Gasteiger partial charge >= 0.3 is 12.0 Å². The SMILES string of the molecule is CCOC(=O)CC[N+]1([O-])C(=O)Nc2ccccc21. The van der Waals surface area contributed by atoms with E-state index >= 15 is 0 Å². The highest BCUT2D eigenvalue weighted by atomic mass is 16.6. The average molecular weight is 250 g/mol. The molecule has 96 valence electrons. The van der Waals surface area contributed by atoms with Gasteiger partial charge in [0.1, 0.15) is 12.2 Å². The predicted octanol–water partition coefficient (Wildman–Crippen LogP) is 1.99. The summed E-state index contributed by atoms with van der Waals surface area (Å²) in [4.78, 5) is 23.0. The molecule has 1 N–H and O–H groups in total. The predicted molar refractivity (Wildman–Crippen MR) is 66.7 cm³/mol. The van der Waals surface area contributed by atoms with Gasteiger partial charge in [0.05, 0.1) is 13.0 Å². The molecule has 18 heavy (non-hydrogen) atoms. The molecule has 1 aliphatic rings. The highest BCUT2D eigenvalue weighted by Crippen LogP contribution is 2.37. The van der Waals surface area contributed by atoms with Crippen LogP contribution < -0.4 is 9.96 Å². The molecular formula is C12H14N2O4. The van der Waals surface area contributed by atoms with Crippen LogP contribution in [0, 0.1) is 5.21 Å². The van der Waals surface area contributed by atoms with Gasteiger partial charge in [0.25, 0.3) is 0 Å². The van der Waals surface area contributed by atoms with Crippen molar-refractivity contribution in [3.05, 3.63) is 29.5 Å². The first kappa shape index (κ1) is 12.5. The van der Waals surface area contributed by atoms with Crippen LogP contribution >= 0.6 is 0 Å². The number of carbonyl (C=O) groups excluding carboxylic acids is 2. The molecule has 1 heterocycles. The smallest absolute Gasteiger partial charge is 0.426 e. The van der Waals surface area contributed by atoms with Crippen LogP contribution in [0.15, 0.2) is 24.3 Å². The van der Waals surface area contributed by atoms with Gasteiger partial charge in [-0.2, -0.15) is 0 Å². The summed E-state index contributed by atoms with van der Waals surface area (Å²) in [5.41, 5.74) is 0.841. The van der Waals surface area contributed by atoms with Gasteiger partial charge in [-0.25, -0.2) is 9.44 Å². The highest BCUT2D eigenvalue weighted by molar-refractivity contribution is 6.08. The standard InChI is InChI=1S/C12H14N2O4/c1-2-18-11(15)7-8-14(17)10-6-4-3-5-9(10)13-12(14)16/h3-6H,2,7-8H2,1H3,(H,13,16). The topological polar surface area (TPSA) is 78.5 Å². The number of esters is 1. The van der Waals surface area contributed by atoms with Crippen LogP contribution in [0.5, 0.6) is 0 Å². The minimum Gasteiger partial charge on any atom is -0.618 e. The van der Waals surface area contributed by atoms with Crippen molar-refractivity contribution in [2.75, 3.05) is 18.5 Å². The van der Waals surface area contributed by atoms with Crippen LogP contribution in [0.1, 0.15) is 13.3 Å². The number of benzene rings is 1. The number of urea groups is 1. The number of anilines is 1. The summed E-state index contributed by atoms with van der Waals surface area (Å²) in [5.74, 6) is -0.469. The van der Waals surface area contributed by atoms with Crippen molar-refractivity contribution in [1.29, 1.82) is 0 Å². The molecule has 0 aromatic heterocycles. The minimum atomic E-state index is -1.16. The van der Waals surface area contributed by atoms with Crippen LogP contribution in [-0.4, -0.2) is 25.2 Å². The number of carbonyl (C=O) groups is 2. The molecule has 1 aromatic rings. The first-order valence-electron chi connectivity index (χ1n) is 5.74. The van der Waals surface area contributed by atoms with E-state index in [9.17, 15) is 14.8 Å². The Morgan fingerprint density at radius 3 is 2.89 bits per heavy atom. The zero-order valence-electron chi connectivity index (χ0n) is 10.0. The van der Waals surface area contributed by atoms with Crippen molar-refractivity contribution in [2.24, 2.45) is 0 Å². The van der Waals surface area contributed by atoms with E-state index in [1.54, 1.807) is 31.2 Å². The lowest BCUT2D eigenvalue weighted by Gasteiger charge is -2.33. The van der Waals surface area contributed by atoms with E-state index in [4.69, 9.17) is 4.74 Å². The molecule has 1 atom stereocenters. The molecule has 0 spiro atoms. The van der Waals surface area contributed by atoms with Crippen molar-refractivity contribution in [1.82, 2.24) is 4.65 Å². The molecule has 1 aromatic carbocycles. The number of hydrogen-bond donors (Lipinski definition) is 1. The Kier molecular flexibility index (Phi) is 3.31. The Morgan fingerprint density at radius 2 is 2.17 bits per heavy atom. The van der Waals surface area contributed by atoms with Crippen molar-refractivity contribution >= 4 is 23.4 Å². The first-order valence-corrected chi connectivity index (χ1v) is 5.74. The lowest BCUT2D eigenvalue weighted by Crippen LogP contribution is -2.48. The third kappa shape index (κ3) is 2.07. The van der Waals surface area contributed by atoms with Crippen LogP contribution in [-0.2, 0) is 9.53 Å². The Hall–Kier alpha value is -1.92. The summed E-state index contributed by atoms with van der Waals surface area (Å²) in [5, 5.41) is 15.0. The zero-order chi connectivity index (χ0) is 13.2. The summed E-state index contributed by atoms with van der Waals surface area (Å²) in [6.07, 6.45) is -0.0842. The van der Waals surface area contributed by atoms with Crippen LogP contribution in [0.3, 0.4) is 0 Å². The van der Waals surface area contributed by atoms with Gasteiger partial charge in [-0.1, -0.05) is 12.1 Å². The molecule has 0 radical (unpaired) electrons. The van der Waals surface area contributed by atoms with Crippen molar-refractivity contribution in [2.45, 2.75) is 13.3 Å². The summed E-state index contributed by atoms with van der Waals surface area (Å²) >= 11 is 0. The Labute approximate surface area is 104 Å². The number of ether oxygens (including phenoxy) is 1. The van der Waals surface area contributed by atoms with E-state index < -0.39 is 16.6 Å². The number of quaternary nitrogens is 1. The zero-order valence-corrected chi connectivity index (χ0v) is 10.0. The van der Waals surface area contributed by atoms with Crippen LogP contribution in [0.25, 0.3) is 0 Å². The first-order chi connectivity index (χ1) is 8.58. The maximum absolute atomic E-state index is 12.5. The molecule has 0 saturated carbocycles. The fraction of sp³-hybridized carbons (Fsp3) is 0.333. The summed E-state index contributed by atoms with van der Waals surface area (Å²) in [7, 11) is 0. The number of nitrogens with one attached hydrogen (secondary N) is 1. The second-order valence-corrected chi connectivity index (χ2v) is 3.97. The Bertz CT molecular complexity index is 489.